The Kier molecular flexibility index (Phi) is 4.19. The summed E-state index contributed by atoms with van der Waals surface area (Å²) in [6.07, 6.45) is 1.37. The summed E-state index contributed by atoms with van der Waals surface area (Å²) in [7, 11) is -0.906. The zero-order chi connectivity index (χ0) is 15.6. The molecular formula is C13H15FN2O4S. The molecule has 0 saturated heterocycles. The van der Waals surface area contributed by atoms with Crippen LogP contribution in [0.4, 0.5) is 10.1 Å². The van der Waals surface area contributed by atoms with Crippen LogP contribution in [-0.4, -0.2) is 25.2 Å². The largest absolute Gasteiger partial charge is 0.494 e. The smallest absolute Gasteiger partial charge is 0.263 e. The van der Waals surface area contributed by atoms with Gasteiger partial charge in [-0.3, -0.25) is 4.72 Å². The molecule has 1 aromatic heterocycles. The number of ether oxygens (including phenoxy) is 1. The number of hydrogen-bond acceptors (Lipinski definition) is 4. The molecule has 0 bridgehead atoms. The Hall–Kier alpha value is -2.06. The molecule has 2 aromatic rings. The van der Waals surface area contributed by atoms with E-state index < -0.39 is 15.8 Å². The van der Waals surface area contributed by atoms with Gasteiger partial charge in [0.05, 0.1) is 19.4 Å². The van der Waals surface area contributed by atoms with E-state index in [0.717, 1.165) is 6.07 Å². The van der Waals surface area contributed by atoms with Gasteiger partial charge in [-0.15, -0.1) is 0 Å². The number of rotatable bonds is 5. The molecule has 0 unspecified atom stereocenters. The molecule has 0 aliphatic carbocycles. The first-order valence-electron chi connectivity index (χ1n) is 6.00. The summed E-state index contributed by atoms with van der Waals surface area (Å²) in [6.45, 7) is -0.275. The third kappa shape index (κ3) is 3.17. The van der Waals surface area contributed by atoms with Crippen LogP contribution in [0.3, 0.4) is 0 Å². The van der Waals surface area contributed by atoms with Crippen LogP contribution in [0.15, 0.2) is 35.4 Å². The summed E-state index contributed by atoms with van der Waals surface area (Å²) in [5, 5.41) is 9.08. The number of aryl methyl sites for hydroxylation is 1. The van der Waals surface area contributed by atoms with Gasteiger partial charge in [-0.2, -0.15) is 0 Å². The van der Waals surface area contributed by atoms with Crippen molar-refractivity contribution in [2.45, 2.75) is 11.5 Å². The number of aromatic nitrogens is 1. The average Bonchev–Trinajstić information content (AvgIpc) is 2.80. The van der Waals surface area contributed by atoms with Crippen molar-refractivity contribution in [3.8, 4) is 5.75 Å². The van der Waals surface area contributed by atoms with Crippen LogP contribution in [0.2, 0.25) is 0 Å². The first-order valence-corrected chi connectivity index (χ1v) is 7.48. The minimum Gasteiger partial charge on any atom is -0.494 e. The Balaban J connectivity index is 2.30. The van der Waals surface area contributed by atoms with E-state index in [-0.39, 0.29) is 22.9 Å². The van der Waals surface area contributed by atoms with Crippen LogP contribution in [-0.2, 0) is 23.7 Å². The van der Waals surface area contributed by atoms with Gasteiger partial charge in [0, 0.05) is 25.0 Å². The van der Waals surface area contributed by atoms with E-state index >= 15 is 0 Å². The normalized spacial score (nSPS) is 11.4. The summed E-state index contributed by atoms with van der Waals surface area (Å²) < 4.78 is 46.5. The Labute approximate surface area is 121 Å². The molecule has 0 spiro atoms. The number of halogens is 1. The Morgan fingerprint density at radius 1 is 1.38 bits per heavy atom. The zero-order valence-corrected chi connectivity index (χ0v) is 12.3. The van der Waals surface area contributed by atoms with Crippen molar-refractivity contribution in [2.24, 2.45) is 7.05 Å². The fourth-order valence-corrected chi connectivity index (χ4v) is 2.97. The van der Waals surface area contributed by atoms with Gasteiger partial charge >= 0.3 is 0 Å². The Morgan fingerprint density at radius 3 is 2.62 bits per heavy atom. The van der Waals surface area contributed by atoms with Crippen LogP contribution < -0.4 is 9.46 Å². The lowest BCUT2D eigenvalue weighted by Crippen LogP contribution is -2.12. The number of methoxy groups -OCH3 is 1. The highest BCUT2D eigenvalue weighted by atomic mass is 32.2. The molecule has 2 N–H and O–H groups in total. The number of anilines is 1. The van der Waals surface area contributed by atoms with Crippen LogP contribution in [0, 0.1) is 5.82 Å². The fraction of sp³-hybridized carbons (Fsp3) is 0.231. The van der Waals surface area contributed by atoms with Gasteiger partial charge < -0.3 is 14.4 Å². The van der Waals surface area contributed by atoms with Gasteiger partial charge in [-0.25, -0.2) is 12.8 Å². The lowest BCUT2D eigenvalue weighted by molar-refractivity contribution is 0.272. The Bertz CT molecular complexity index is 756. The molecular weight excluding hydrogens is 299 g/mol. The second-order valence-electron chi connectivity index (χ2n) is 4.39. The second-order valence-corrected chi connectivity index (χ2v) is 6.07. The molecule has 0 aliphatic rings. The predicted molar refractivity (Wildman–Crippen MR) is 75.1 cm³/mol. The summed E-state index contributed by atoms with van der Waals surface area (Å²) >= 11 is 0. The van der Waals surface area contributed by atoms with E-state index in [1.807, 2.05) is 0 Å². The molecule has 0 aliphatic heterocycles. The molecule has 0 fully saturated rings. The number of nitrogens with zero attached hydrogens (tertiary/aromatic N) is 1. The van der Waals surface area contributed by atoms with Crippen molar-refractivity contribution in [3.63, 3.8) is 0 Å². The van der Waals surface area contributed by atoms with Gasteiger partial charge in [0.15, 0.2) is 11.6 Å². The SMILES string of the molecule is COc1ccc(NS(=O)(=O)c2cc(CO)n(C)c2)cc1F. The number of hydrogen-bond donors (Lipinski definition) is 2. The summed E-state index contributed by atoms with van der Waals surface area (Å²) in [5.74, 6) is -0.637. The highest BCUT2D eigenvalue weighted by Gasteiger charge is 2.18. The Morgan fingerprint density at radius 2 is 2.10 bits per heavy atom. The van der Waals surface area contributed by atoms with Crippen molar-refractivity contribution >= 4 is 15.7 Å². The number of nitrogens with one attached hydrogen (secondary N) is 1. The maximum absolute atomic E-state index is 13.6. The number of benzene rings is 1. The first kappa shape index (κ1) is 15.3. The van der Waals surface area contributed by atoms with E-state index in [1.54, 1.807) is 7.05 Å². The molecule has 1 heterocycles. The third-order valence-corrected chi connectivity index (χ3v) is 4.31. The van der Waals surface area contributed by atoms with Crippen molar-refractivity contribution in [2.75, 3.05) is 11.8 Å². The second kappa shape index (κ2) is 5.74. The summed E-state index contributed by atoms with van der Waals surface area (Å²) in [6, 6.07) is 5.11. The quantitative estimate of drug-likeness (QED) is 0.875. The van der Waals surface area contributed by atoms with Gasteiger partial charge in [0.2, 0.25) is 0 Å². The number of aliphatic hydroxyl groups excluding tert-OH is 1. The van der Waals surface area contributed by atoms with Gasteiger partial charge in [-0.05, 0) is 18.2 Å². The number of aliphatic hydroxyl groups is 1. The van der Waals surface area contributed by atoms with Crippen LogP contribution in [0.25, 0.3) is 0 Å². The van der Waals surface area contributed by atoms with E-state index in [2.05, 4.69) is 4.72 Å². The molecule has 6 nitrogen and oxygen atoms in total. The van der Waals surface area contributed by atoms with E-state index in [1.165, 1.54) is 36.1 Å². The highest BCUT2D eigenvalue weighted by Crippen LogP contribution is 2.23. The van der Waals surface area contributed by atoms with Crippen molar-refractivity contribution in [3.05, 3.63) is 42.0 Å². The lowest BCUT2D eigenvalue weighted by atomic mass is 10.3. The maximum Gasteiger partial charge on any atom is 0.263 e. The predicted octanol–water partition coefficient (Wildman–Crippen LogP) is 1.47. The fourth-order valence-electron chi connectivity index (χ4n) is 1.83. The highest BCUT2D eigenvalue weighted by molar-refractivity contribution is 7.92. The van der Waals surface area contributed by atoms with Crippen molar-refractivity contribution < 1.29 is 22.7 Å². The average molecular weight is 314 g/mol. The van der Waals surface area contributed by atoms with Gasteiger partial charge in [-0.1, -0.05) is 0 Å². The minimum absolute atomic E-state index is 0.00900. The number of sulfonamides is 1. The van der Waals surface area contributed by atoms with Gasteiger partial charge in [0.1, 0.15) is 4.90 Å². The summed E-state index contributed by atoms with van der Waals surface area (Å²) in [4.78, 5) is -0.00900. The lowest BCUT2D eigenvalue weighted by Gasteiger charge is -2.08. The standard InChI is InChI=1S/C13H15FN2O4S/c1-16-7-11(6-10(16)8-17)21(18,19)15-9-3-4-13(20-2)12(14)5-9/h3-7,15,17H,8H2,1-2H3. The molecule has 0 saturated carbocycles. The molecule has 0 radical (unpaired) electrons. The van der Waals surface area contributed by atoms with Gasteiger partial charge in [0.25, 0.3) is 10.0 Å². The van der Waals surface area contributed by atoms with E-state index in [9.17, 15) is 12.8 Å². The van der Waals surface area contributed by atoms with Crippen LogP contribution in [0.5, 0.6) is 5.75 Å². The minimum atomic E-state index is -3.85. The van der Waals surface area contributed by atoms with Crippen LogP contribution >= 0.6 is 0 Å². The monoisotopic (exact) mass is 314 g/mol. The molecule has 2 rings (SSSR count). The maximum atomic E-state index is 13.6. The van der Waals surface area contributed by atoms with Crippen LogP contribution in [0.1, 0.15) is 5.69 Å². The summed E-state index contributed by atoms with van der Waals surface area (Å²) in [5.41, 5.74) is 0.541. The molecule has 1 aromatic carbocycles. The van der Waals surface area contributed by atoms with E-state index in [4.69, 9.17) is 9.84 Å². The third-order valence-electron chi connectivity index (χ3n) is 2.96. The molecule has 0 atom stereocenters. The molecule has 0 amide bonds. The van der Waals surface area contributed by atoms with E-state index in [0.29, 0.717) is 5.69 Å². The van der Waals surface area contributed by atoms with Crippen molar-refractivity contribution in [1.29, 1.82) is 0 Å². The molecule has 21 heavy (non-hydrogen) atoms. The first-order chi connectivity index (χ1) is 9.87. The molecule has 114 valence electrons. The molecule has 8 heteroatoms. The topological polar surface area (TPSA) is 80.6 Å². The van der Waals surface area contributed by atoms with Crippen molar-refractivity contribution in [1.82, 2.24) is 4.57 Å². The zero-order valence-electron chi connectivity index (χ0n) is 11.5.